The van der Waals surface area contributed by atoms with E-state index in [2.05, 4.69) is 26.2 Å². The van der Waals surface area contributed by atoms with Crippen LogP contribution in [0.2, 0.25) is 0 Å². The van der Waals surface area contributed by atoms with Gasteiger partial charge in [0.1, 0.15) is 5.75 Å². The highest BCUT2D eigenvalue weighted by molar-refractivity contribution is 9.10. The van der Waals surface area contributed by atoms with Crippen molar-refractivity contribution in [1.29, 1.82) is 0 Å². The Labute approximate surface area is 125 Å². The van der Waals surface area contributed by atoms with E-state index in [1.54, 1.807) is 43.8 Å². The van der Waals surface area contributed by atoms with Crippen molar-refractivity contribution in [2.75, 3.05) is 12.4 Å². The van der Waals surface area contributed by atoms with Crippen LogP contribution < -0.4 is 10.1 Å². The first-order chi connectivity index (χ1) is 8.70. The van der Waals surface area contributed by atoms with Gasteiger partial charge in [-0.05, 0) is 30.3 Å². The summed E-state index contributed by atoms with van der Waals surface area (Å²) in [5.41, 5.74) is 1.17. The molecule has 0 aliphatic rings. The lowest BCUT2D eigenvalue weighted by Gasteiger charge is -2.10. The Morgan fingerprint density at radius 3 is 2.58 bits per heavy atom. The van der Waals surface area contributed by atoms with Crippen LogP contribution in [0.4, 0.5) is 5.69 Å². The lowest BCUT2D eigenvalue weighted by molar-refractivity contribution is 0.102. The van der Waals surface area contributed by atoms with Crippen molar-refractivity contribution in [3.05, 3.63) is 52.8 Å². The number of rotatable bonds is 3. The summed E-state index contributed by atoms with van der Waals surface area (Å²) in [5.74, 6) is 0.411. The van der Waals surface area contributed by atoms with Crippen molar-refractivity contribution in [2.45, 2.75) is 0 Å². The van der Waals surface area contributed by atoms with Crippen LogP contribution in [-0.2, 0) is 0 Å². The highest BCUT2D eigenvalue weighted by atomic mass is 79.9. The minimum Gasteiger partial charge on any atom is -0.495 e. The molecule has 1 amide bonds. The minimum atomic E-state index is -0.200. The van der Waals surface area contributed by atoms with Gasteiger partial charge in [-0.1, -0.05) is 15.9 Å². The van der Waals surface area contributed by atoms with Crippen LogP contribution in [-0.4, -0.2) is 18.0 Å². The first kappa shape index (κ1) is 15.5. The van der Waals surface area contributed by atoms with Crippen LogP contribution >= 0.6 is 28.3 Å². The van der Waals surface area contributed by atoms with Crippen LogP contribution in [0.15, 0.2) is 47.2 Å². The SMILES string of the molecule is COc1ccc(Br)cc1NC(=O)c1ccncc1.Cl. The molecular formula is C13H12BrClN2O2. The summed E-state index contributed by atoms with van der Waals surface area (Å²) < 4.78 is 6.06. The maximum absolute atomic E-state index is 12.0. The number of amides is 1. The fraction of sp³-hybridized carbons (Fsp3) is 0.0769. The number of carbonyl (C=O) groups excluding carboxylic acids is 1. The fourth-order valence-corrected chi connectivity index (χ4v) is 1.84. The number of nitrogens with one attached hydrogen (secondary N) is 1. The highest BCUT2D eigenvalue weighted by Gasteiger charge is 2.09. The Morgan fingerprint density at radius 2 is 1.95 bits per heavy atom. The summed E-state index contributed by atoms with van der Waals surface area (Å²) >= 11 is 3.35. The van der Waals surface area contributed by atoms with Gasteiger partial charge in [-0.25, -0.2) is 0 Å². The number of benzene rings is 1. The average Bonchev–Trinajstić information content (AvgIpc) is 2.40. The second-order valence-corrected chi connectivity index (χ2v) is 4.45. The first-order valence-corrected chi connectivity index (χ1v) is 6.05. The number of hydrogen-bond acceptors (Lipinski definition) is 3. The van der Waals surface area contributed by atoms with Gasteiger partial charge in [-0.3, -0.25) is 9.78 Å². The number of anilines is 1. The maximum Gasteiger partial charge on any atom is 0.255 e. The Balaban J connectivity index is 0.00000180. The van der Waals surface area contributed by atoms with E-state index >= 15 is 0 Å². The number of nitrogens with zero attached hydrogens (tertiary/aromatic N) is 1. The third-order valence-electron chi connectivity index (χ3n) is 2.35. The van der Waals surface area contributed by atoms with E-state index in [1.165, 1.54) is 0 Å². The lowest BCUT2D eigenvalue weighted by Crippen LogP contribution is -2.12. The minimum absolute atomic E-state index is 0. The van der Waals surface area contributed by atoms with E-state index < -0.39 is 0 Å². The monoisotopic (exact) mass is 342 g/mol. The molecule has 19 heavy (non-hydrogen) atoms. The summed E-state index contributed by atoms with van der Waals surface area (Å²) in [5, 5.41) is 2.80. The van der Waals surface area contributed by atoms with Gasteiger partial charge in [0.2, 0.25) is 0 Å². The molecule has 1 N–H and O–H groups in total. The van der Waals surface area contributed by atoms with Crippen LogP contribution in [0.1, 0.15) is 10.4 Å². The van der Waals surface area contributed by atoms with Gasteiger partial charge in [-0.15, -0.1) is 12.4 Å². The largest absolute Gasteiger partial charge is 0.495 e. The molecule has 0 bridgehead atoms. The van der Waals surface area contributed by atoms with Crippen LogP contribution in [0.25, 0.3) is 0 Å². The molecule has 1 heterocycles. The van der Waals surface area contributed by atoms with Crippen LogP contribution in [0.5, 0.6) is 5.75 Å². The summed E-state index contributed by atoms with van der Waals surface area (Å²) in [7, 11) is 1.56. The third-order valence-corrected chi connectivity index (χ3v) is 2.85. The summed E-state index contributed by atoms with van der Waals surface area (Å²) in [4.78, 5) is 15.9. The van der Waals surface area contributed by atoms with Crippen molar-refractivity contribution < 1.29 is 9.53 Å². The molecule has 0 saturated carbocycles. The van der Waals surface area contributed by atoms with Gasteiger partial charge in [0.25, 0.3) is 5.91 Å². The van der Waals surface area contributed by atoms with Crippen LogP contribution in [0.3, 0.4) is 0 Å². The number of ether oxygens (including phenoxy) is 1. The van der Waals surface area contributed by atoms with Crippen LogP contribution in [0, 0.1) is 0 Å². The molecule has 0 radical (unpaired) electrons. The standard InChI is InChI=1S/C13H11BrN2O2.ClH/c1-18-12-3-2-10(14)8-11(12)16-13(17)9-4-6-15-7-5-9;/h2-8H,1H3,(H,16,17);1H. The molecule has 2 aromatic rings. The van der Waals surface area contributed by atoms with E-state index in [0.29, 0.717) is 17.0 Å². The quantitative estimate of drug-likeness (QED) is 0.927. The Morgan fingerprint density at radius 1 is 1.26 bits per heavy atom. The highest BCUT2D eigenvalue weighted by Crippen LogP contribution is 2.28. The summed E-state index contributed by atoms with van der Waals surface area (Å²) in [6.07, 6.45) is 3.15. The molecule has 6 heteroatoms. The summed E-state index contributed by atoms with van der Waals surface area (Å²) in [6.45, 7) is 0. The Hall–Kier alpha value is -1.59. The second-order valence-electron chi connectivity index (χ2n) is 3.53. The third kappa shape index (κ3) is 3.94. The van der Waals surface area contributed by atoms with E-state index in [-0.39, 0.29) is 18.3 Å². The zero-order valence-electron chi connectivity index (χ0n) is 10.1. The molecule has 0 fully saturated rings. The van der Waals surface area contributed by atoms with E-state index in [9.17, 15) is 4.79 Å². The van der Waals surface area contributed by atoms with Crippen molar-refractivity contribution in [1.82, 2.24) is 4.98 Å². The molecule has 2 rings (SSSR count). The van der Waals surface area contributed by atoms with Gasteiger partial charge in [0.05, 0.1) is 12.8 Å². The zero-order valence-corrected chi connectivity index (χ0v) is 12.5. The molecule has 0 saturated heterocycles. The van der Waals surface area contributed by atoms with Crippen molar-refractivity contribution in [3.63, 3.8) is 0 Å². The number of carbonyl (C=O) groups is 1. The molecule has 0 atom stereocenters. The van der Waals surface area contributed by atoms with Gasteiger partial charge in [-0.2, -0.15) is 0 Å². The van der Waals surface area contributed by atoms with Gasteiger partial charge >= 0.3 is 0 Å². The maximum atomic E-state index is 12.0. The molecule has 0 aliphatic heterocycles. The number of pyridine rings is 1. The molecule has 0 spiro atoms. The molecule has 1 aromatic carbocycles. The Kier molecular flexibility index (Phi) is 5.79. The van der Waals surface area contributed by atoms with E-state index in [4.69, 9.17) is 4.74 Å². The van der Waals surface area contributed by atoms with Gasteiger partial charge < -0.3 is 10.1 Å². The molecule has 1 aromatic heterocycles. The number of aromatic nitrogens is 1. The normalized spacial score (nSPS) is 9.37. The Bertz CT molecular complexity index is 564. The number of hydrogen-bond donors (Lipinski definition) is 1. The van der Waals surface area contributed by atoms with Gasteiger partial charge in [0, 0.05) is 22.4 Å². The summed E-state index contributed by atoms with van der Waals surface area (Å²) in [6, 6.07) is 8.73. The smallest absolute Gasteiger partial charge is 0.255 e. The number of halogens is 2. The second kappa shape index (κ2) is 7.11. The number of methoxy groups -OCH3 is 1. The fourth-order valence-electron chi connectivity index (χ4n) is 1.48. The predicted octanol–water partition coefficient (Wildman–Crippen LogP) is 3.53. The first-order valence-electron chi connectivity index (χ1n) is 5.25. The molecular weight excluding hydrogens is 332 g/mol. The van der Waals surface area contributed by atoms with Crippen molar-refractivity contribution in [2.24, 2.45) is 0 Å². The molecule has 100 valence electrons. The molecule has 0 unspecified atom stereocenters. The van der Waals surface area contributed by atoms with Crippen molar-refractivity contribution in [3.8, 4) is 5.75 Å². The lowest BCUT2D eigenvalue weighted by atomic mass is 10.2. The molecule has 0 aliphatic carbocycles. The van der Waals surface area contributed by atoms with E-state index in [1.807, 2.05) is 6.07 Å². The van der Waals surface area contributed by atoms with E-state index in [0.717, 1.165) is 4.47 Å². The van der Waals surface area contributed by atoms with Gasteiger partial charge in [0.15, 0.2) is 0 Å². The molecule has 4 nitrogen and oxygen atoms in total. The topological polar surface area (TPSA) is 51.2 Å². The average molecular weight is 344 g/mol. The van der Waals surface area contributed by atoms with Crippen molar-refractivity contribution >= 4 is 39.9 Å². The predicted molar refractivity (Wildman–Crippen MR) is 80.1 cm³/mol. The zero-order chi connectivity index (χ0) is 13.0.